The topological polar surface area (TPSA) is 75.5 Å². The van der Waals surface area contributed by atoms with Gasteiger partial charge < -0.3 is 14.2 Å². The second-order valence-electron chi connectivity index (χ2n) is 5.83. The summed E-state index contributed by atoms with van der Waals surface area (Å²) in [4.78, 5) is 21.4. The van der Waals surface area contributed by atoms with Crippen LogP contribution in [0, 0.1) is 0 Å². The molecule has 8 heteroatoms. The SMILES string of the molecule is CCCCOCCOCCOC(=O)n1c(-c2cscn2)nc2ccccc21. The van der Waals surface area contributed by atoms with E-state index in [0.29, 0.717) is 36.9 Å². The van der Waals surface area contributed by atoms with Crippen LogP contribution in [0.25, 0.3) is 22.6 Å². The van der Waals surface area contributed by atoms with E-state index in [1.54, 1.807) is 5.51 Å². The van der Waals surface area contributed by atoms with Crippen molar-refractivity contribution in [1.29, 1.82) is 0 Å². The molecule has 0 N–H and O–H groups in total. The lowest BCUT2D eigenvalue weighted by molar-refractivity contribution is 0.0278. The van der Waals surface area contributed by atoms with Crippen LogP contribution in [0.2, 0.25) is 0 Å². The fourth-order valence-corrected chi connectivity index (χ4v) is 3.06. The van der Waals surface area contributed by atoms with Crippen LogP contribution >= 0.6 is 11.3 Å². The Balaban J connectivity index is 1.55. The highest BCUT2D eigenvalue weighted by Gasteiger charge is 2.20. The maximum Gasteiger partial charge on any atom is 0.420 e. The molecule has 7 nitrogen and oxygen atoms in total. The number of thiazole rings is 1. The monoisotopic (exact) mass is 389 g/mol. The van der Waals surface area contributed by atoms with Crippen molar-refractivity contribution in [3.8, 4) is 11.5 Å². The molecule has 0 unspecified atom stereocenters. The third-order valence-electron chi connectivity index (χ3n) is 3.87. The molecule has 0 bridgehead atoms. The molecule has 0 spiro atoms. The Morgan fingerprint density at radius 3 is 2.67 bits per heavy atom. The number of fused-ring (bicyclic) bond motifs is 1. The van der Waals surface area contributed by atoms with Crippen molar-refractivity contribution in [3.05, 3.63) is 35.2 Å². The second kappa shape index (κ2) is 10.1. The molecule has 1 aromatic carbocycles. The Morgan fingerprint density at radius 2 is 1.89 bits per heavy atom. The highest BCUT2D eigenvalue weighted by atomic mass is 32.1. The number of carbonyl (C=O) groups excluding carboxylic acids is 1. The molecule has 27 heavy (non-hydrogen) atoms. The predicted octanol–water partition coefficient (Wildman–Crippen LogP) is 3.98. The smallest absolute Gasteiger partial charge is 0.420 e. The maximum atomic E-state index is 12.6. The summed E-state index contributed by atoms with van der Waals surface area (Å²) in [6.45, 7) is 4.39. The molecule has 2 aromatic heterocycles. The third-order valence-corrected chi connectivity index (χ3v) is 4.46. The molecular formula is C19H23N3O4S. The third kappa shape index (κ3) is 5.12. The van der Waals surface area contributed by atoms with Crippen molar-refractivity contribution in [2.24, 2.45) is 0 Å². The number of imidazole rings is 1. The highest BCUT2D eigenvalue weighted by Crippen LogP contribution is 2.24. The molecule has 0 radical (unpaired) electrons. The van der Waals surface area contributed by atoms with E-state index in [1.807, 2.05) is 29.6 Å². The molecule has 144 valence electrons. The molecule has 3 aromatic rings. The number of aromatic nitrogens is 3. The quantitative estimate of drug-likeness (QED) is 0.488. The van der Waals surface area contributed by atoms with Gasteiger partial charge >= 0.3 is 6.09 Å². The Morgan fingerprint density at radius 1 is 1.11 bits per heavy atom. The first-order valence-corrected chi connectivity index (χ1v) is 9.94. The summed E-state index contributed by atoms with van der Waals surface area (Å²) in [5.74, 6) is 0.479. The molecule has 0 aliphatic carbocycles. The molecule has 0 aliphatic rings. The minimum atomic E-state index is -0.491. The van der Waals surface area contributed by atoms with E-state index in [2.05, 4.69) is 16.9 Å². The van der Waals surface area contributed by atoms with E-state index in [4.69, 9.17) is 14.2 Å². The fourth-order valence-electron chi connectivity index (χ4n) is 2.53. The number of hydrogen-bond donors (Lipinski definition) is 0. The molecule has 0 atom stereocenters. The van der Waals surface area contributed by atoms with E-state index in [-0.39, 0.29) is 6.61 Å². The summed E-state index contributed by atoms with van der Waals surface area (Å²) < 4.78 is 17.7. The van der Waals surface area contributed by atoms with Crippen LogP contribution in [0.4, 0.5) is 4.79 Å². The number of rotatable bonds is 10. The number of benzene rings is 1. The molecular weight excluding hydrogens is 366 g/mol. The number of para-hydroxylation sites is 2. The Hall–Kier alpha value is -2.29. The van der Waals surface area contributed by atoms with Crippen LogP contribution in [0.15, 0.2) is 35.2 Å². The van der Waals surface area contributed by atoms with Crippen LogP contribution in [-0.4, -0.2) is 53.7 Å². The van der Waals surface area contributed by atoms with Crippen molar-refractivity contribution < 1.29 is 19.0 Å². The Labute approximate surface area is 161 Å². The van der Waals surface area contributed by atoms with Crippen molar-refractivity contribution in [2.75, 3.05) is 33.0 Å². The summed E-state index contributed by atoms with van der Waals surface area (Å²) >= 11 is 1.45. The first kappa shape index (κ1) is 19.5. The molecule has 3 rings (SSSR count). The van der Waals surface area contributed by atoms with Gasteiger partial charge in [0.05, 0.1) is 36.4 Å². The van der Waals surface area contributed by atoms with Crippen LogP contribution in [0.1, 0.15) is 19.8 Å². The van der Waals surface area contributed by atoms with Gasteiger partial charge in [0.25, 0.3) is 0 Å². The zero-order valence-corrected chi connectivity index (χ0v) is 16.1. The lowest BCUT2D eigenvalue weighted by atomic mass is 10.3. The van der Waals surface area contributed by atoms with E-state index < -0.39 is 6.09 Å². The van der Waals surface area contributed by atoms with Crippen molar-refractivity contribution >= 4 is 28.5 Å². The number of carbonyl (C=O) groups is 1. The Kier molecular flexibility index (Phi) is 7.32. The number of unbranched alkanes of at least 4 members (excludes halogenated alkanes) is 1. The van der Waals surface area contributed by atoms with E-state index in [1.165, 1.54) is 15.9 Å². The van der Waals surface area contributed by atoms with E-state index in [9.17, 15) is 4.79 Å². The minimum absolute atomic E-state index is 0.163. The van der Waals surface area contributed by atoms with Gasteiger partial charge in [-0.3, -0.25) is 0 Å². The van der Waals surface area contributed by atoms with Gasteiger partial charge in [0.15, 0.2) is 5.82 Å². The van der Waals surface area contributed by atoms with Crippen LogP contribution < -0.4 is 0 Å². The normalized spacial score (nSPS) is 11.1. The largest absolute Gasteiger partial charge is 0.446 e. The summed E-state index contributed by atoms with van der Waals surface area (Å²) in [5.41, 5.74) is 3.77. The van der Waals surface area contributed by atoms with Gasteiger partial charge in [0.1, 0.15) is 12.3 Å². The molecule has 0 amide bonds. The van der Waals surface area contributed by atoms with Gasteiger partial charge in [0, 0.05) is 12.0 Å². The van der Waals surface area contributed by atoms with Crippen LogP contribution in [0.5, 0.6) is 0 Å². The van der Waals surface area contributed by atoms with Crippen molar-refractivity contribution in [3.63, 3.8) is 0 Å². The van der Waals surface area contributed by atoms with Crippen LogP contribution in [-0.2, 0) is 14.2 Å². The molecule has 0 saturated heterocycles. The van der Waals surface area contributed by atoms with Gasteiger partial charge in [-0.05, 0) is 18.6 Å². The fraction of sp³-hybridized carbons (Fsp3) is 0.421. The van der Waals surface area contributed by atoms with Gasteiger partial charge in [-0.1, -0.05) is 25.5 Å². The van der Waals surface area contributed by atoms with Gasteiger partial charge in [-0.2, -0.15) is 0 Å². The maximum absolute atomic E-state index is 12.6. The average Bonchev–Trinajstić information content (AvgIpc) is 3.33. The average molecular weight is 389 g/mol. The zero-order valence-electron chi connectivity index (χ0n) is 15.3. The van der Waals surface area contributed by atoms with Gasteiger partial charge in [0.2, 0.25) is 0 Å². The van der Waals surface area contributed by atoms with Gasteiger partial charge in [-0.15, -0.1) is 11.3 Å². The minimum Gasteiger partial charge on any atom is -0.446 e. The standard InChI is InChI=1S/C19H23N3O4S/c1-2-3-8-24-9-10-25-11-12-26-19(23)22-17-7-5-4-6-15(17)21-18(22)16-13-27-14-20-16/h4-7,13-14H,2-3,8-12H2,1H3. The number of ether oxygens (including phenoxy) is 3. The molecule has 2 heterocycles. The summed E-state index contributed by atoms with van der Waals surface area (Å²) in [6.07, 6.45) is 1.68. The predicted molar refractivity (Wildman–Crippen MR) is 104 cm³/mol. The van der Waals surface area contributed by atoms with Gasteiger partial charge in [-0.25, -0.2) is 19.3 Å². The highest BCUT2D eigenvalue weighted by molar-refractivity contribution is 7.07. The first-order valence-electron chi connectivity index (χ1n) is 9.00. The molecule has 0 aliphatic heterocycles. The van der Waals surface area contributed by atoms with Crippen molar-refractivity contribution in [2.45, 2.75) is 19.8 Å². The van der Waals surface area contributed by atoms with E-state index >= 15 is 0 Å². The first-order chi connectivity index (χ1) is 13.3. The number of nitrogens with zero attached hydrogens (tertiary/aromatic N) is 3. The van der Waals surface area contributed by atoms with E-state index in [0.717, 1.165) is 25.0 Å². The summed E-state index contributed by atoms with van der Waals surface area (Å²) in [5, 5.41) is 1.85. The summed E-state index contributed by atoms with van der Waals surface area (Å²) in [7, 11) is 0. The Bertz CT molecular complexity index is 848. The summed E-state index contributed by atoms with van der Waals surface area (Å²) in [6, 6.07) is 7.44. The lowest BCUT2D eigenvalue weighted by Gasteiger charge is -2.09. The second-order valence-corrected chi connectivity index (χ2v) is 6.54. The lowest BCUT2D eigenvalue weighted by Crippen LogP contribution is -2.18. The molecule has 0 fully saturated rings. The van der Waals surface area contributed by atoms with Crippen molar-refractivity contribution in [1.82, 2.24) is 14.5 Å². The van der Waals surface area contributed by atoms with Crippen LogP contribution in [0.3, 0.4) is 0 Å². The zero-order chi connectivity index (χ0) is 18.9. The molecule has 0 saturated carbocycles. The number of hydrogen-bond acceptors (Lipinski definition) is 7.